The summed E-state index contributed by atoms with van der Waals surface area (Å²) in [4.78, 5) is 18.7. The van der Waals surface area contributed by atoms with E-state index in [0.717, 1.165) is 38.8 Å². The Bertz CT molecular complexity index is 1920. The Hall–Kier alpha value is -4.07. The van der Waals surface area contributed by atoms with Crippen LogP contribution in [0.5, 0.6) is 11.8 Å². The van der Waals surface area contributed by atoms with E-state index in [9.17, 15) is 9.50 Å². The van der Waals surface area contributed by atoms with Gasteiger partial charge in [0.05, 0.1) is 10.9 Å². The van der Waals surface area contributed by atoms with Crippen molar-refractivity contribution < 1.29 is 18.6 Å². The molecule has 1 aliphatic carbocycles. The van der Waals surface area contributed by atoms with E-state index in [4.69, 9.17) is 16.1 Å². The monoisotopic (exact) mass is 622 g/mol. The van der Waals surface area contributed by atoms with Crippen molar-refractivity contribution in [3.8, 4) is 35.4 Å². The van der Waals surface area contributed by atoms with E-state index >= 15 is 4.39 Å². The molecule has 0 spiro atoms. The summed E-state index contributed by atoms with van der Waals surface area (Å²) >= 11 is 0. The van der Waals surface area contributed by atoms with E-state index in [-0.39, 0.29) is 29.6 Å². The average Bonchev–Trinajstić information content (AvgIpc) is 3.79. The molecule has 4 aromatic rings. The van der Waals surface area contributed by atoms with Crippen molar-refractivity contribution in [2.75, 3.05) is 31.1 Å². The molecule has 2 N–H and O–H groups in total. The molecule has 0 amide bonds. The Morgan fingerprint density at radius 2 is 1.93 bits per heavy atom. The molecule has 8 nitrogen and oxygen atoms in total. The number of fused-ring (bicyclic) bond motifs is 7. The second kappa shape index (κ2) is 10.5. The van der Waals surface area contributed by atoms with Crippen molar-refractivity contribution in [3.63, 3.8) is 0 Å². The predicted molar refractivity (Wildman–Crippen MR) is 172 cm³/mol. The number of pyridine rings is 1. The van der Waals surface area contributed by atoms with Crippen LogP contribution in [-0.4, -0.2) is 81.0 Å². The number of aromatic nitrogens is 3. The lowest BCUT2D eigenvalue weighted by Crippen LogP contribution is -2.51. The molecule has 4 aliphatic heterocycles. The smallest absolute Gasteiger partial charge is 0.319 e. The highest BCUT2D eigenvalue weighted by Crippen LogP contribution is 2.52. The Balaban J connectivity index is 1.16. The van der Waals surface area contributed by atoms with Crippen LogP contribution in [0, 0.1) is 24.1 Å². The predicted octanol–water partition coefficient (Wildman–Crippen LogP) is 5.35. The lowest BCUT2D eigenvalue weighted by atomic mass is 9.89. The van der Waals surface area contributed by atoms with Crippen LogP contribution in [0.1, 0.15) is 50.5 Å². The summed E-state index contributed by atoms with van der Waals surface area (Å²) in [5.41, 5.74) is 0.702. The molecule has 2 aromatic heterocycles. The Morgan fingerprint density at radius 1 is 1.09 bits per heavy atom. The van der Waals surface area contributed by atoms with Crippen LogP contribution in [0.25, 0.3) is 32.9 Å². The molecule has 2 aromatic carbocycles. The first kappa shape index (κ1) is 28.2. The topological polar surface area (TPSA) is 86.6 Å². The summed E-state index contributed by atoms with van der Waals surface area (Å²) in [6, 6.07) is 9.68. The Morgan fingerprint density at radius 3 is 2.76 bits per heavy atom. The molecule has 0 radical (unpaired) electrons. The SMILES string of the molecule is C#Cc1cccc2cc(O)cc(-c3ncc4c(N5CC6CCC(C5)N6)nc(OC[C@]56C[C@@H](F)CN5[C@H]5CCC[C@H]5C6)nc4c3F)c12. The quantitative estimate of drug-likeness (QED) is 0.289. The third-order valence-corrected chi connectivity index (χ3v) is 11.3. The first-order valence-electron chi connectivity index (χ1n) is 16.5. The molecule has 2 unspecified atom stereocenters. The number of aromatic hydroxyl groups is 1. The summed E-state index contributed by atoms with van der Waals surface area (Å²) in [6.45, 7) is 2.18. The molecule has 6 atom stereocenters. The zero-order valence-electron chi connectivity index (χ0n) is 25.6. The molecule has 4 saturated heterocycles. The van der Waals surface area contributed by atoms with Gasteiger partial charge in [-0.3, -0.25) is 9.88 Å². The zero-order valence-corrected chi connectivity index (χ0v) is 25.6. The maximum absolute atomic E-state index is 16.9. The van der Waals surface area contributed by atoms with Gasteiger partial charge in [0.25, 0.3) is 0 Å². The molecule has 6 heterocycles. The molecule has 46 heavy (non-hydrogen) atoms. The van der Waals surface area contributed by atoms with Gasteiger partial charge < -0.3 is 20.1 Å². The standard InChI is InChI=1S/C36H36F2N6O2/c1-2-20-5-3-6-21-11-26(45)12-27(30(20)21)32-31(38)33-28(15-39-32)34(43-17-24-9-10-25(18-43)40-24)42-35(41-33)46-19-36-13-22-7-4-8-29(22)44(36)16-23(37)14-36/h1,3,5-6,11-12,15,22-25,29,40,45H,4,7-10,13-14,16-19H2/t22-,23+,24?,25?,29-,36-/m0/s1. The molecule has 1 saturated carbocycles. The number of rotatable bonds is 5. The second-order valence-corrected chi connectivity index (χ2v) is 14.0. The van der Waals surface area contributed by atoms with Crippen LogP contribution in [0.4, 0.5) is 14.6 Å². The van der Waals surface area contributed by atoms with Crippen LogP contribution in [0.2, 0.25) is 0 Å². The zero-order chi connectivity index (χ0) is 31.2. The van der Waals surface area contributed by atoms with Gasteiger partial charge in [0.1, 0.15) is 35.6 Å². The molecular weight excluding hydrogens is 586 g/mol. The number of piperazine rings is 1. The maximum atomic E-state index is 16.9. The fourth-order valence-electron chi connectivity index (χ4n) is 9.45. The van der Waals surface area contributed by atoms with Crippen LogP contribution in [0.15, 0.2) is 36.5 Å². The average molecular weight is 623 g/mol. The van der Waals surface area contributed by atoms with Crippen molar-refractivity contribution in [1.82, 2.24) is 25.2 Å². The van der Waals surface area contributed by atoms with E-state index in [0.29, 0.717) is 70.1 Å². The normalized spacial score (nSPS) is 30.2. The van der Waals surface area contributed by atoms with Crippen molar-refractivity contribution in [2.24, 2.45) is 5.92 Å². The summed E-state index contributed by atoms with van der Waals surface area (Å²) in [5.74, 6) is 3.19. The van der Waals surface area contributed by atoms with Gasteiger partial charge in [0, 0.05) is 66.9 Å². The number of phenols is 1. The highest BCUT2D eigenvalue weighted by molar-refractivity contribution is 6.02. The first-order valence-corrected chi connectivity index (χ1v) is 16.5. The number of nitrogens with zero attached hydrogens (tertiary/aromatic N) is 5. The van der Waals surface area contributed by atoms with E-state index in [1.165, 1.54) is 18.9 Å². The van der Waals surface area contributed by atoms with Crippen LogP contribution in [0.3, 0.4) is 0 Å². The number of alkyl halides is 1. The summed E-state index contributed by atoms with van der Waals surface area (Å²) in [7, 11) is 0. The van der Waals surface area contributed by atoms with Crippen LogP contribution < -0.4 is 15.0 Å². The maximum Gasteiger partial charge on any atom is 0.319 e. The first-order chi connectivity index (χ1) is 22.4. The minimum Gasteiger partial charge on any atom is -0.508 e. The van der Waals surface area contributed by atoms with Gasteiger partial charge in [0.2, 0.25) is 0 Å². The molecule has 5 fully saturated rings. The third kappa shape index (κ3) is 4.35. The van der Waals surface area contributed by atoms with Crippen molar-refractivity contribution in [1.29, 1.82) is 0 Å². The number of ether oxygens (including phenoxy) is 1. The third-order valence-electron chi connectivity index (χ3n) is 11.3. The molecule has 236 valence electrons. The molecule has 2 bridgehead atoms. The van der Waals surface area contributed by atoms with Gasteiger partial charge in [-0.1, -0.05) is 24.5 Å². The number of benzene rings is 2. The van der Waals surface area contributed by atoms with E-state index in [1.54, 1.807) is 18.3 Å². The van der Waals surface area contributed by atoms with E-state index in [2.05, 4.69) is 31.0 Å². The van der Waals surface area contributed by atoms with Crippen LogP contribution in [-0.2, 0) is 0 Å². The lowest BCUT2D eigenvalue weighted by Gasteiger charge is -2.35. The largest absolute Gasteiger partial charge is 0.508 e. The number of phenolic OH excluding ortho intramolecular Hbond substituents is 1. The summed E-state index contributed by atoms with van der Waals surface area (Å²) < 4.78 is 38.2. The highest BCUT2D eigenvalue weighted by atomic mass is 19.1. The number of terminal acetylenes is 1. The molecular formula is C36H36F2N6O2. The minimum atomic E-state index is -0.884. The fourth-order valence-corrected chi connectivity index (χ4v) is 9.45. The highest BCUT2D eigenvalue weighted by Gasteiger charge is 2.58. The molecule has 5 aliphatic rings. The van der Waals surface area contributed by atoms with E-state index < -0.39 is 17.5 Å². The Kier molecular flexibility index (Phi) is 6.42. The van der Waals surface area contributed by atoms with Gasteiger partial charge in [-0.05, 0) is 61.6 Å². The minimum absolute atomic E-state index is 0.0190. The van der Waals surface area contributed by atoms with Gasteiger partial charge in [-0.25, -0.2) is 8.78 Å². The Labute approximate surface area is 266 Å². The summed E-state index contributed by atoms with van der Waals surface area (Å²) in [6.07, 6.45) is 13.5. The number of hydrogen-bond donors (Lipinski definition) is 2. The van der Waals surface area contributed by atoms with Gasteiger partial charge in [-0.15, -0.1) is 6.42 Å². The van der Waals surface area contributed by atoms with Crippen molar-refractivity contribution in [3.05, 3.63) is 47.9 Å². The van der Waals surface area contributed by atoms with Gasteiger partial charge in [-0.2, -0.15) is 9.97 Å². The van der Waals surface area contributed by atoms with Gasteiger partial charge >= 0.3 is 6.01 Å². The van der Waals surface area contributed by atoms with Crippen LogP contribution >= 0.6 is 0 Å². The summed E-state index contributed by atoms with van der Waals surface area (Å²) in [5, 5.41) is 16.1. The fraction of sp³-hybridized carbons (Fsp3) is 0.472. The van der Waals surface area contributed by atoms with E-state index in [1.807, 2.05) is 12.1 Å². The number of nitrogens with one attached hydrogen (secondary N) is 1. The number of halogens is 2. The van der Waals surface area contributed by atoms with Gasteiger partial charge in [0.15, 0.2) is 5.82 Å². The van der Waals surface area contributed by atoms with Crippen molar-refractivity contribution in [2.45, 2.75) is 74.8 Å². The second-order valence-electron chi connectivity index (χ2n) is 14.0. The number of hydrogen-bond acceptors (Lipinski definition) is 8. The molecule has 9 rings (SSSR count). The lowest BCUT2D eigenvalue weighted by molar-refractivity contribution is 0.0832. The van der Waals surface area contributed by atoms with Crippen molar-refractivity contribution >= 4 is 27.5 Å². The molecule has 10 heteroatoms. The number of anilines is 1.